The van der Waals surface area contributed by atoms with E-state index in [1.165, 1.54) is 13.1 Å². The number of rotatable bonds is 4. The largest absolute Gasteiger partial charge is 0.478 e. The Morgan fingerprint density at radius 2 is 2.20 bits per heavy atom. The lowest BCUT2D eigenvalue weighted by Gasteiger charge is -2.20. The molecule has 8 nitrogen and oxygen atoms in total. The number of nitrogens with zero attached hydrogens (tertiary/aromatic N) is 4. The number of anilines is 1. The third-order valence-corrected chi connectivity index (χ3v) is 3.72. The smallest absolute Gasteiger partial charge is 0.360 e. The van der Waals surface area contributed by atoms with Crippen molar-refractivity contribution in [1.82, 2.24) is 19.7 Å². The van der Waals surface area contributed by atoms with E-state index >= 15 is 0 Å². The third kappa shape index (κ3) is 2.83. The second kappa shape index (κ2) is 5.79. The summed E-state index contributed by atoms with van der Waals surface area (Å²) in [6.07, 6.45) is 6.83. The number of nitrogens with two attached hydrogens (primary N) is 1. The van der Waals surface area contributed by atoms with Crippen LogP contribution in [0.15, 0.2) is 30.5 Å². The van der Waals surface area contributed by atoms with Gasteiger partial charge >= 0.3 is 5.97 Å². The molecule has 0 amide bonds. The van der Waals surface area contributed by atoms with Gasteiger partial charge in [0.05, 0.1) is 11.2 Å². The van der Waals surface area contributed by atoms with E-state index < -0.39 is 11.6 Å². The molecule has 0 radical (unpaired) electrons. The van der Waals surface area contributed by atoms with Crippen molar-refractivity contribution >= 4 is 22.8 Å². The molecular weight excluding hydrogens is 322 g/mol. The highest BCUT2D eigenvalue weighted by atomic mass is 16.5. The van der Waals surface area contributed by atoms with Crippen LogP contribution in [0.25, 0.3) is 16.7 Å². The lowest BCUT2D eigenvalue weighted by atomic mass is 10.1. The number of aromatic nitrogens is 4. The Bertz CT molecular complexity index is 1020. The molecule has 2 heterocycles. The zero-order valence-electron chi connectivity index (χ0n) is 13.6. The fourth-order valence-corrected chi connectivity index (χ4v) is 2.34. The molecule has 0 bridgehead atoms. The van der Waals surface area contributed by atoms with Crippen LogP contribution >= 0.6 is 0 Å². The molecule has 1 atom stereocenters. The van der Waals surface area contributed by atoms with Crippen molar-refractivity contribution in [2.24, 2.45) is 0 Å². The number of carboxylic acid groups (broad SMARTS) is 1. The molecule has 0 aliphatic rings. The number of nitrogen functional groups attached to an aromatic ring is 1. The number of carboxylic acids is 1. The number of aliphatic carboxylic acids is 1. The highest BCUT2D eigenvalue weighted by molar-refractivity contribution is 5.85. The van der Waals surface area contributed by atoms with Crippen molar-refractivity contribution < 1.29 is 14.6 Å². The summed E-state index contributed by atoms with van der Waals surface area (Å²) in [6, 6.07) is 6.76. The number of hydrogen-bond acceptors (Lipinski definition) is 6. The Balaban J connectivity index is 2.13. The van der Waals surface area contributed by atoms with Crippen molar-refractivity contribution in [2.45, 2.75) is 19.4 Å². The molecular formula is C17H15N5O3. The van der Waals surface area contributed by atoms with Gasteiger partial charge < -0.3 is 15.6 Å². The first-order valence-corrected chi connectivity index (χ1v) is 7.32. The molecule has 1 aromatic carbocycles. The van der Waals surface area contributed by atoms with E-state index in [0.717, 1.165) is 11.1 Å². The van der Waals surface area contributed by atoms with Gasteiger partial charge in [-0.25, -0.2) is 14.5 Å². The fourth-order valence-electron chi connectivity index (χ4n) is 2.34. The number of ether oxygens (including phenoxy) is 1. The second-order valence-corrected chi connectivity index (χ2v) is 5.53. The van der Waals surface area contributed by atoms with Gasteiger partial charge in [-0.15, -0.1) is 6.42 Å². The predicted octanol–water partition coefficient (Wildman–Crippen LogP) is 1.56. The number of terminal acetylenes is 1. The van der Waals surface area contributed by atoms with Gasteiger partial charge in [0.1, 0.15) is 5.75 Å². The highest BCUT2D eigenvalue weighted by Crippen LogP contribution is 2.27. The van der Waals surface area contributed by atoms with Gasteiger partial charge in [0.15, 0.2) is 5.82 Å². The zero-order chi connectivity index (χ0) is 18.2. The average Bonchev–Trinajstić information content (AvgIpc) is 2.91. The number of carbonyl (C=O) groups is 1. The Morgan fingerprint density at radius 3 is 2.84 bits per heavy atom. The van der Waals surface area contributed by atoms with E-state index in [1.807, 2.05) is 6.92 Å². The molecule has 1 unspecified atom stereocenters. The number of fused-ring (bicyclic) bond motifs is 1. The van der Waals surface area contributed by atoms with Crippen LogP contribution in [0.4, 0.5) is 5.95 Å². The fraction of sp³-hybridized carbons (Fsp3) is 0.176. The van der Waals surface area contributed by atoms with Crippen LogP contribution in [0.5, 0.6) is 5.75 Å². The standard InChI is InChI=1S/C17H15N5O3/c1-4-17(3,15(23)24)25-11-5-6-12-10(2)21-22(13(12)9-11)14-7-8-19-16(18)20-14/h1,5-9H,2-3H3,(H,23,24)(H2,18,19,20). The Morgan fingerprint density at radius 1 is 1.44 bits per heavy atom. The molecule has 0 aliphatic heterocycles. The maximum Gasteiger partial charge on any atom is 0.360 e. The average molecular weight is 337 g/mol. The van der Waals surface area contributed by atoms with Gasteiger partial charge in [0.25, 0.3) is 5.60 Å². The minimum absolute atomic E-state index is 0.122. The molecule has 3 rings (SSSR count). The van der Waals surface area contributed by atoms with Crippen LogP contribution in [-0.2, 0) is 4.79 Å². The topological polar surface area (TPSA) is 116 Å². The SMILES string of the molecule is C#CC(C)(Oc1ccc2c(C)nn(-c3ccnc(N)n3)c2c1)C(=O)O. The normalized spacial score (nSPS) is 13.2. The molecule has 0 saturated heterocycles. The molecule has 0 saturated carbocycles. The first kappa shape index (κ1) is 16.3. The van der Waals surface area contributed by atoms with Gasteiger partial charge in [-0.1, -0.05) is 0 Å². The Labute approximate surface area is 143 Å². The minimum Gasteiger partial charge on any atom is -0.478 e. The maximum atomic E-state index is 11.3. The molecule has 0 spiro atoms. The lowest BCUT2D eigenvalue weighted by Crippen LogP contribution is -2.39. The van der Waals surface area contributed by atoms with Gasteiger partial charge in [-0.2, -0.15) is 10.1 Å². The summed E-state index contributed by atoms with van der Waals surface area (Å²) in [7, 11) is 0. The first-order chi connectivity index (χ1) is 11.8. The maximum absolute atomic E-state index is 11.3. The molecule has 25 heavy (non-hydrogen) atoms. The van der Waals surface area contributed by atoms with Gasteiger partial charge in [-0.05, 0) is 31.9 Å². The molecule has 8 heteroatoms. The molecule has 0 aliphatic carbocycles. The van der Waals surface area contributed by atoms with Crippen molar-refractivity contribution in [2.75, 3.05) is 5.73 Å². The monoisotopic (exact) mass is 337 g/mol. The summed E-state index contributed by atoms with van der Waals surface area (Å²) in [6.45, 7) is 3.17. The molecule has 126 valence electrons. The van der Waals surface area contributed by atoms with E-state index in [2.05, 4.69) is 21.0 Å². The van der Waals surface area contributed by atoms with Gasteiger partial charge in [0, 0.05) is 23.7 Å². The van der Waals surface area contributed by atoms with Crippen molar-refractivity contribution in [3.8, 4) is 23.9 Å². The quantitative estimate of drug-likeness (QED) is 0.694. The molecule has 3 aromatic rings. The highest BCUT2D eigenvalue weighted by Gasteiger charge is 2.33. The minimum atomic E-state index is -1.77. The third-order valence-electron chi connectivity index (χ3n) is 3.72. The van der Waals surface area contributed by atoms with E-state index in [0.29, 0.717) is 17.1 Å². The van der Waals surface area contributed by atoms with Gasteiger partial charge in [-0.3, -0.25) is 0 Å². The summed E-state index contributed by atoms with van der Waals surface area (Å²) < 4.78 is 7.10. The summed E-state index contributed by atoms with van der Waals surface area (Å²) in [5.74, 6) is 1.82. The molecule has 0 fully saturated rings. The molecule has 2 aromatic heterocycles. The van der Waals surface area contributed by atoms with E-state index in [1.54, 1.807) is 28.9 Å². The van der Waals surface area contributed by atoms with E-state index in [-0.39, 0.29) is 5.95 Å². The van der Waals surface area contributed by atoms with E-state index in [9.17, 15) is 9.90 Å². The summed E-state index contributed by atoms with van der Waals surface area (Å²) in [5, 5.41) is 14.6. The Kier molecular flexibility index (Phi) is 3.77. The van der Waals surface area contributed by atoms with Crippen molar-refractivity contribution in [3.63, 3.8) is 0 Å². The molecule has 3 N–H and O–H groups in total. The summed E-state index contributed by atoms with van der Waals surface area (Å²) >= 11 is 0. The van der Waals surface area contributed by atoms with Crippen molar-refractivity contribution in [3.05, 3.63) is 36.2 Å². The number of benzene rings is 1. The number of aryl methyl sites for hydroxylation is 1. The summed E-state index contributed by atoms with van der Waals surface area (Å²) in [4.78, 5) is 19.4. The van der Waals surface area contributed by atoms with Crippen molar-refractivity contribution in [1.29, 1.82) is 0 Å². The summed E-state index contributed by atoms with van der Waals surface area (Å²) in [5.41, 5.74) is 5.32. The van der Waals surface area contributed by atoms with E-state index in [4.69, 9.17) is 16.9 Å². The number of hydrogen-bond donors (Lipinski definition) is 2. The zero-order valence-corrected chi connectivity index (χ0v) is 13.6. The Hall–Kier alpha value is -3.60. The van der Waals surface area contributed by atoms with Crippen LogP contribution < -0.4 is 10.5 Å². The van der Waals surface area contributed by atoms with Crippen LogP contribution in [0.1, 0.15) is 12.6 Å². The van der Waals surface area contributed by atoms with Crippen LogP contribution in [-0.4, -0.2) is 36.4 Å². The second-order valence-electron chi connectivity index (χ2n) is 5.53. The van der Waals surface area contributed by atoms with Crippen LogP contribution in [0, 0.1) is 19.3 Å². The van der Waals surface area contributed by atoms with Crippen LogP contribution in [0.2, 0.25) is 0 Å². The predicted molar refractivity (Wildman–Crippen MR) is 91.3 cm³/mol. The first-order valence-electron chi connectivity index (χ1n) is 7.32. The van der Waals surface area contributed by atoms with Crippen LogP contribution in [0.3, 0.4) is 0 Å². The lowest BCUT2D eigenvalue weighted by molar-refractivity contribution is -0.149. The van der Waals surface area contributed by atoms with Gasteiger partial charge in [0.2, 0.25) is 5.95 Å².